The van der Waals surface area contributed by atoms with Crippen molar-refractivity contribution in [3.05, 3.63) is 51.7 Å². The van der Waals surface area contributed by atoms with Gasteiger partial charge in [0.15, 0.2) is 0 Å². The third-order valence-electron chi connectivity index (χ3n) is 3.92. The number of hydrogen-bond acceptors (Lipinski definition) is 4. The maximum atomic E-state index is 13.2. The number of thiazole rings is 1. The molecule has 0 bridgehead atoms. The minimum Gasteiger partial charge on any atom is -0.388 e. The van der Waals surface area contributed by atoms with Crippen LogP contribution in [0.2, 0.25) is 0 Å². The SMILES string of the molecule is Cc1csc(C(NC(=O)CC(O)c2cccc(F)c2)C2CC2)n1. The fraction of sp³-hybridized carbons (Fsp3) is 0.412. The van der Waals surface area contributed by atoms with Gasteiger partial charge in [0.2, 0.25) is 5.91 Å². The average Bonchev–Trinajstić information content (AvgIpc) is 3.26. The first-order valence-corrected chi connectivity index (χ1v) is 8.56. The van der Waals surface area contributed by atoms with Crippen LogP contribution in [0.5, 0.6) is 0 Å². The Kier molecular flexibility index (Phi) is 4.73. The van der Waals surface area contributed by atoms with E-state index >= 15 is 0 Å². The van der Waals surface area contributed by atoms with Gasteiger partial charge in [0.1, 0.15) is 10.8 Å². The first-order chi connectivity index (χ1) is 11.0. The zero-order valence-corrected chi connectivity index (χ0v) is 13.6. The lowest BCUT2D eigenvalue weighted by molar-refractivity contribution is -0.124. The van der Waals surface area contributed by atoms with Crippen molar-refractivity contribution in [1.82, 2.24) is 10.3 Å². The van der Waals surface area contributed by atoms with Crippen molar-refractivity contribution in [3.8, 4) is 0 Å². The molecule has 1 amide bonds. The van der Waals surface area contributed by atoms with Crippen LogP contribution in [-0.4, -0.2) is 16.0 Å². The van der Waals surface area contributed by atoms with E-state index in [1.165, 1.54) is 18.2 Å². The van der Waals surface area contributed by atoms with Crippen LogP contribution in [0.15, 0.2) is 29.6 Å². The number of aromatic nitrogens is 1. The molecule has 1 aromatic heterocycles. The number of halogens is 1. The fourth-order valence-corrected chi connectivity index (χ4v) is 3.50. The minimum atomic E-state index is -1.01. The summed E-state index contributed by atoms with van der Waals surface area (Å²) in [6.07, 6.45) is 1.06. The highest BCUT2D eigenvalue weighted by atomic mass is 32.1. The molecule has 1 aromatic carbocycles. The number of hydrogen-bond donors (Lipinski definition) is 2. The predicted molar refractivity (Wildman–Crippen MR) is 86.4 cm³/mol. The van der Waals surface area contributed by atoms with E-state index in [9.17, 15) is 14.3 Å². The molecule has 122 valence electrons. The molecule has 6 heteroatoms. The van der Waals surface area contributed by atoms with Crippen LogP contribution >= 0.6 is 11.3 Å². The molecule has 1 aliphatic carbocycles. The van der Waals surface area contributed by atoms with E-state index in [1.54, 1.807) is 17.4 Å². The number of benzene rings is 1. The molecule has 0 aliphatic heterocycles. The molecule has 0 radical (unpaired) electrons. The molecule has 4 nitrogen and oxygen atoms in total. The molecule has 1 heterocycles. The number of nitrogens with zero attached hydrogens (tertiary/aromatic N) is 1. The summed E-state index contributed by atoms with van der Waals surface area (Å²) in [4.78, 5) is 16.7. The second kappa shape index (κ2) is 6.76. The maximum absolute atomic E-state index is 13.2. The Morgan fingerprint density at radius 1 is 1.52 bits per heavy atom. The lowest BCUT2D eigenvalue weighted by Gasteiger charge is -2.17. The van der Waals surface area contributed by atoms with Gasteiger partial charge in [0.05, 0.1) is 18.6 Å². The van der Waals surface area contributed by atoms with Gasteiger partial charge in [0.25, 0.3) is 0 Å². The summed E-state index contributed by atoms with van der Waals surface area (Å²) in [7, 11) is 0. The molecule has 0 saturated heterocycles. The van der Waals surface area contributed by atoms with Crippen LogP contribution in [0, 0.1) is 18.7 Å². The van der Waals surface area contributed by atoms with Crippen molar-refractivity contribution < 1.29 is 14.3 Å². The highest BCUT2D eigenvalue weighted by Gasteiger charge is 2.35. The number of carbonyl (C=O) groups is 1. The summed E-state index contributed by atoms with van der Waals surface area (Å²) in [5.41, 5.74) is 1.36. The predicted octanol–water partition coefficient (Wildman–Crippen LogP) is 3.28. The van der Waals surface area contributed by atoms with Gasteiger partial charge in [0, 0.05) is 11.1 Å². The van der Waals surface area contributed by atoms with E-state index in [1.807, 2.05) is 12.3 Å². The van der Waals surface area contributed by atoms with Gasteiger partial charge < -0.3 is 10.4 Å². The average molecular weight is 334 g/mol. The Bertz CT molecular complexity index is 699. The monoisotopic (exact) mass is 334 g/mol. The van der Waals surface area contributed by atoms with E-state index in [4.69, 9.17) is 0 Å². The van der Waals surface area contributed by atoms with Crippen LogP contribution in [0.1, 0.15) is 47.7 Å². The van der Waals surface area contributed by atoms with Crippen molar-refractivity contribution in [2.24, 2.45) is 5.92 Å². The molecular weight excluding hydrogens is 315 g/mol. The number of nitrogens with one attached hydrogen (secondary N) is 1. The third-order valence-corrected chi connectivity index (χ3v) is 4.97. The van der Waals surface area contributed by atoms with E-state index < -0.39 is 11.9 Å². The first-order valence-electron chi connectivity index (χ1n) is 7.68. The number of aliphatic hydroxyl groups excluding tert-OH is 1. The van der Waals surface area contributed by atoms with Gasteiger partial charge in [-0.3, -0.25) is 4.79 Å². The van der Waals surface area contributed by atoms with Crippen molar-refractivity contribution in [1.29, 1.82) is 0 Å². The number of aryl methyl sites for hydroxylation is 1. The van der Waals surface area contributed by atoms with Gasteiger partial charge >= 0.3 is 0 Å². The fourth-order valence-electron chi connectivity index (χ4n) is 2.57. The van der Waals surface area contributed by atoms with Gasteiger partial charge in [-0.1, -0.05) is 12.1 Å². The van der Waals surface area contributed by atoms with Crippen molar-refractivity contribution in [2.45, 2.75) is 38.3 Å². The zero-order chi connectivity index (χ0) is 16.4. The number of rotatable bonds is 6. The van der Waals surface area contributed by atoms with Crippen molar-refractivity contribution >= 4 is 17.2 Å². The zero-order valence-electron chi connectivity index (χ0n) is 12.8. The van der Waals surface area contributed by atoms with Crippen molar-refractivity contribution in [3.63, 3.8) is 0 Å². The Morgan fingerprint density at radius 2 is 2.30 bits per heavy atom. The maximum Gasteiger partial charge on any atom is 0.223 e. The van der Waals surface area contributed by atoms with Crippen LogP contribution in [0.25, 0.3) is 0 Å². The Hall–Kier alpha value is -1.79. The Labute approximate surface area is 138 Å². The Morgan fingerprint density at radius 3 is 2.91 bits per heavy atom. The molecule has 2 unspecified atom stereocenters. The lowest BCUT2D eigenvalue weighted by atomic mass is 10.1. The standard InChI is InChI=1S/C17H19FN2O2S/c1-10-9-23-17(19-10)16(11-5-6-11)20-15(22)8-14(21)12-3-2-4-13(18)7-12/h2-4,7,9,11,14,16,21H,5-6,8H2,1H3,(H,20,22). The number of aliphatic hydroxyl groups is 1. The highest BCUT2D eigenvalue weighted by molar-refractivity contribution is 7.09. The van der Waals surface area contributed by atoms with Crippen LogP contribution < -0.4 is 5.32 Å². The molecular formula is C17H19FN2O2S. The normalized spacial score (nSPS) is 16.8. The van der Waals surface area contributed by atoms with Gasteiger partial charge in [-0.05, 0) is 43.4 Å². The molecule has 1 aliphatic rings. The second-order valence-corrected chi connectivity index (χ2v) is 6.87. The summed E-state index contributed by atoms with van der Waals surface area (Å²) in [5, 5.41) is 16.0. The lowest BCUT2D eigenvalue weighted by Crippen LogP contribution is -2.30. The quantitative estimate of drug-likeness (QED) is 0.852. The molecule has 2 atom stereocenters. The minimum absolute atomic E-state index is 0.0825. The molecule has 23 heavy (non-hydrogen) atoms. The molecule has 1 saturated carbocycles. The van der Waals surface area contributed by atoms with Crippen LogP contribution in [0.3, 0.4) is 0 Å². The molecule has 3 rings (SSSR count). The summed E-state index contributed by atoms with van der Waals surface area (Å²) in [6, 6.07) is 5.62. The van der Waals surface area contributed by atoms with Crippen LogP contribution in [-0.2, 0) is 4.79 Å². The molecule has 2 aromatic rings. The van der Waals surface area contributed by atoms with E-state index in [2.05, 4.69) is 10.3 Å². The highest BCUT2D eigenvalue weighted by Crippen LogP contribution is 2.42. The number of amides is 1. The van der Waals surface area contributed by atoms with Gasteiger partial charge in [-0.15, -0.1) is 11.3 Å². The second-order valence-electron chi connectivity index (χ2n) is 5.98. The Balaban J connectivity index is 1.63. The molecule has 0 spiro atoms. The number of carbonyl (C=O) groups excluding carboxylic acids is 1. The van der Waals surface area contributed by atoms with E-state index in [0.29, 0.717) is 11.5 Å². The smallest absolute Gasteiger partial charge is 0.223 e. The van der Waals surface area contributed by atoms with Gasteiger partial charge in [-0.25, -0.2) is 9.37 Å². The molecule has 2 N–H and O–H groups in total. The summed E-state index contributed by atoms with van der Waals surface area (Å²) >= 11 is 1.55. The summed E-state index contributed by atoms with van der Waals surface area (Å²) in [6.45, 7) is 1.93. The first kappa shape index (κ1) is 16.1. The van der Waals surface area contributed by atoms with Crippen LogP contribution in [0.4, 0.5) is 4.39 Å². The topological polar surface area (TPSA) is 62.2 Å². The van der Waals surface area contributed by atoms with E-state index in [-0.39, 0.29) is 18.4 Å². The van der Waals surface area contributed by atoms with Gasteiger partial charge in [-0.2, -0.15) is 0 Å². The third kappa shape index (κ3) is 4.14. The summed E-state index contributed by atoms with van der Waals surface area (Å²) in [5.74, 6) is -0.238. The molecule has 1 fully saturated rings. The largest absolute Gasteiger partial charge is 0.388 e. The summed E-state index contributed by atoms with van der Waals surface area (Å²) < 4.78 is 13.2. The van der Waals surface area contributed by atoms with E-state index in [0.717, 1.165) is 23.5 Å². The van der Waals surface area contributed by atoms with Crippen molar-refractivity contribution in [2.75, 3.05) is 0 Å².